The van der Waals surface area contributed by atoms with Gasteiger partial charge in [0, 0.05) is 6.42 Å². The van der Waals surface area contributed by atoms with Gasteiger partial charge in [0.1, 0.15) is 5.75 Å². The molecule has 1 N–H and O–H groups in total. The van der Waals surface area contributed by atoms with E-state index in [1.54, 1.807) is 12.1 Å². The first-order chi connectivity index (χ1) is 9.06. The zero-order valence-electron chi connectivity index (χ0n) is 10.00. The van der Waals surface area contributed by atoms with Crippen molar-refractivity contribution in [3.8, 4) is 5.75 Å². The molecule has 6 heteroatoms. The van der Waals surface area contributed by atoms with Crippen LogP contribution in [-0.4, -0.2) is 32.9 Å². The Balaban J connectivity index is 2.09. The summed E-state index contributed by atoms with van der Waals surface area (Å²) < 4.78 is 5.94. The van der Waals surface area contributed by atoms with Crippen LogP contribution in [0.15, 0.2) is 24.3 Å². The number of ether oxygens (including phenoxy) is 1. The minimum Gasteiger partial charge on any atom is -0.482 e. The van der Waals surface area contributed by atoms with E-state index in [2.05, 4.69) is 0 Å². The largest absolute Gasteiger partial charge is 0.482 e. The third-order valence-electron chi connectivity index (χ3n) is 2.68. The molecular formula is C13H12O4S2. The predicted molar refractivity (Wildman–Crippen MR) is 76.9 cm³/mol. The van der Waals surface area contributed by atoms with Gasteiger partial charge in [0.2, 0.25) is 0 Å². The zero-order valence-corrected chi connectivity index (χ0v) is 11.6. The molecule has 0 saturated carbocycles. The molecule has 1 heterocycles. The molecule has 100 valence electrons. The third-order valence-corrected chi connectivity index (χ3v) is 4.23. The first-order valence-corrected chi connectivity index (χ1v) is 6.99. The molecule has 2 rings (SSSR count). The molecule has 1 atom stereocenters. The van der Waals surface area contributed by atoms with E-state index in [0.29, 0.717) is 18.6 Å². The summed E-state index contributed by atoms with van der Waals surface area (Å²) in [5, 5.41) is 8.45. The van der Waals surface area contributed by atoms with Crippen molar-refractivity contribution < 1.29 is 19.4 Å². The fraction of sp³-hybridized carbons (Fsp3) is 0.308. The van der Waals surface area contributed by atoms with Gasteiger partial charge in [-0.3, -0.25) is 4.79 Å². The van der Waals surface area contributed by atoms with Crippen LogP contribution in [0.2, 0.25) is 0 Å². The monoisotopic (exact) mass is 296 g/mol. The van der Waals surface area contributed by atoms with Crippen LogP contribution in [-0.2, 0) is 16.0 Å². The summed E-state index contributed by atoms with van der Waals surface area (Å²) in [6.07, 6.45) is 0.863. The number of rotatable bonds is 5. The SMILES string of the molecule is O=C(O)COc1ccccc1CC1SC(=S)CC1=O. The van der Waals surface area contributed by atoms with Crippen molar-refractivity contribution >= 4 is 39.9 Å². The van der Waals surface area contributed by atoms with Crippen LogP contribution in [0.4, 0.5) is 0 Å². The van der Waals surface area contributed by atoms with E-state index in [1.165, 1.54) is 11.8 Å². The summed E-state index contributed by atoms with van der Waals surface area (Å²) in [6, 6.07) is 7.16. The molecule has 1 aliphatic heterocycles. The van der Waals surface area contributed by atoms with Gasteiger partial charge in [-0.2, -0.15) is 0 Å². The summed E-state index contributed by atoms with van der Waals surface area (Å²) in [5.41, 5.74) is 0.833. The topological polar surface area (TPSA) is 63.6 Å². The molecule has 0 radical (unpaired) electrons. The summed E-state index contributed by atoms with van der Waals surface area (Å²) in [4.78, 5) is 22.2. The van der Waals surface area contributed by atoms with Gasteiger partial charge in [-0.15, -0.1) is 11.8 Å². The van der Waals surface area contributed by atoms with E-state index in [9.17, 15) is 9.59 Å². The molecule has 0 aromatic heterocycles. The van der Waals surface area contributed by atoms with Gasteiger partial charge < -0.3 is 9.84 Å². The number of ketones is 1. The molecule has 1 unspecified atom stereocenters. The van der Waals surface area contributed by atoms with Gasteiger partial charge in [-0.25, -0.2) is 4.79 Å². The van der Waals surface area contributed by atoms with Crippen LogP contribution in [0.25, 0.3) is 0 Å². The quantitative estimate of drug-likeness (QED) is 0.840. The van der Waals surface area contributed by atoms with Crippen LogP contribution < -0.4 is 4.74 Å². The van der Waals surface area contributed by atoms with E-state index in [0.717, 1.165) is 9.76 Å². The maximum Gasteiger partial charge on any atom is 0.341 e. The highest BCUT2D eigenvalue weighted by atomic mass is 32.2. The summed E-state index contributed by atoms with van der Waals surface area (Å²) in [6.45, 7) is -0.388. The van der Waals surface area contributed by atoms with Crippen LogP contribution in [0.3, 0.4) is 0 Å². The van der Waals surface area contributed by atoms with Crippen molar-refractivity contribution in [2.45, 2.75) is 18.1 Å². The molecule has 0 amide bonds. The summed E-state index contributed by atoms with van der Waals surface area (Å²) in [5.74, 6) is -0.388. The minimum atomic E-state index is -1.03. The van der Waals surface area contributed by atoms with E-state index >= 15 is 0 Å². The Kier molecular flexibility index (Phi) is 4.55. The lowest BCUT2D eigenvalue weighted by atomic mass is 10.1. The van der Waals surface area contributed by atoms with Crippen molar-refractivity contribution in [2.24, 2.45) is 0 Å². The molecule has 1 saturated heterocycles. The average Bonchev–Trinajstić information content (AvgIpc) is 2.67. The number of carboxylic acids is 1. The number of benzene rings is 1. The second-order valence-corrected chi connectivity index (χ2v) is 6.16. The number of carboxylic acid groups (broad SMARTS) is 1. The van der Waals surface area contributed by atoms with Crippen LogP contribution in [0.5, 0.6) is 5.75 Å². The fourth-order valence-corrected chi connectivity index (χ4v) is 3.34. The van der Waals surface area contributed by atoms with Gasteiger partial charge in [0.05, 0.1) is 9.45 Å². The van der Waals surface area contributed by atoms with E-state index in [-0.39, 0.29) is 17.6 Å². The number of hydrogen-bond donors (Lipinski definition) is 1. The molecule has 0 aliphatic carbocycles. The first-order valence-electron chi connectivity index (χ1n) is 5.71. The van der Waals surface area contributed by atoms with Gasteiger partial charge in [0.25, 0.3) is 0 Å². The standard InChI is InChI=1S/C13H12O4S2/c14-9-6-13(18)19-11(9)5-8-3-1-2-4-10(8)17-7-12(15)16/h1-4,11H,5-7H2,(H,15,16). The van der Waals surface area contributed by atoms with Crippen molar-refractivity contribution in [2.75, 3.05) is 6.61 Å². The number of para-hydroxylation sites is 1. The molecular weight excluding hydrogens is 284 g/mol. The van der Waals surface area contributed by atoms with Gasteiger partial charge in [-0.1, -0.05) is 30.4 Å². The van der Waals surface area contributed by atoms with E-state index in [1.807, 2.05) is 12.1 Å². The van der Waals surface area contributed by atoms with Crippen LogP contribution in [0, 0.1) is 0 Å². The fourth-order valence-electron chi connectivity index (χ4n) is 1.83. The lowest BCUT2D eigenvalue weighted by molar-refractivity contribution is -0.139. The molecule has 1 aromatic rings. The Morgan fingerprint density at radius 1 is 1.47 bits per heavy atom. The summed E-state index contributed by atoms with van der Waals surface area (Å²) >= 11 is 6.45. The Morgan fingerprint density at radius 3 is 2.84 bits per heavy atom. The molecule has 1 fully saturated rings. The number of carbonyl (C=O) groups excluding carboxylic acids is 1. The van der Waals surface area contributed by atoms with Crippen molar-refractivity contribution in [3.05, 3.63) is 29.8 Å². The normalized spacial score (nSPS) is 18.6. The second-order valence-electron chi connectivity index (χ2n) is 4.12. The highest BCUT2D eigenvalue weighted by molar-refractivity contribution is 8.24. The maximum atomic E-state index is 11.7. The maximum absolute atomic E-state index is 11.7. The highest BCUT2D eigenvalue weighted by Gasteiger charge is 2.29. The van der Waals surface area contributed by atoms with Crippen molar-refractivity contribution in [3.63, 3.8) is 0 Å². The Bertz CT molecular complexity index is 527. The van der Waals surface area contributed by atoms with Gasteiger partial charge >= 0.3 is 5.97 Å². The number of hydrogen-bond acceptors (Lipinski definition) is 5. The zero-order chi connectivity index (χ0) is 13.8. The van der Waals surface area contributed by atoms with Crippen LogP contribution in [0.1, 0.15) is 12.0 Å². The van der Waals surface area contributed by atoms with E-state index < -0.39 is 5.97 Å². The molecule has 4 nitrogen and oxygen atoms in total. The molecule has 0 spiro atoms. The van der Waals surface area contributed by atoms with Crippen molar-refractivity contribution in [1.29, 1.82) is 0 Å². The van der Waals surface area contributed by atoms with Gasteiger partial charge in [0.15, 0.2) is 12.4 Å². The number of thiocarbonyl (C=S) groups is 1. The number of Topliss-reactive ketones (excluding diaryl/α,β-unsaturated/α-hetero) is 1. The lowest BCUT2D eigenvalue weighted by Gasteiger charge is -2.12. The molecule has 19 heavy (non-hydrogen) atoms. The predicted octanol–water partition coefficient (Wildman–Crippen LogP) is 2.09. The Hall–Kier alpha value is -1.40. The second kappa shape index (κ2) is 6.16. The van der Waals surface area contributed by atoms with Gasteiger partial charge in [-0.05, 0) is 18.1 Å². The minimum absolute atomic E-state index is 0.128. The highest BCUT2D eigenvalue weighted by Crippen LogP contribution is 2.31. The van der Waals surface area contributed by atoms with E-state index in [4.69, 9.17) is 22.1 Å². The Morgan fingerprint density at radius 2 is 2.21 bits per heavy atom. The third kappa shape index (κ3) is 3.78. The number of thioether (sulfide) groups is 1. The molecule has 0 bridgehead atoms. The number of aliphatic carboxylic acids is 1. The smallest absolute Gasteiger partial charge is 0.341 e. The van der Waals surface area contributed by atoms with Crippen LogP contribution >= 0.6 is 24.0 Å². The Labute approximate surface area is 120 Å². The molecule has 1 aromatic carbocycles. The molecule has 1 aliphatic rings. The lowest BCUT2D eigenvalue weighted by Crippen LogP contribution is -2.15. The number of carbonyl (C=O) groups is 2. The summed E-state index contributed by atoms with van der Waals surface area (Å²) in [7, 11) is 0. The average molecular weight is 296 g/mol. The first kappa shape index (κ1) is 14.0. The van der Waals surface area contributed by atoms with Crippen molar-refractivity contribution in [1.82, 2.24) is 0 Å².